The third-order valence-corrected chi connectivity index (χ3v) is 2.44. The SMILES string of the molecule is Cc1cc(NC(=O)Nc2cccc(F)c2)cc[n+]1[O-]. The normalized spacial score (nSPS) is 10.0. The van der Waals surface area contributed by atoms with Crippen molar-refractivity contribution < 1.29 is 13.9 Å². The first-order valence-electron chi connectivity index (χ1n) is 5.58. The van der Waals surface area contributed by atoms with Crippen molar-refractivity contribution in [1.82, 2.24) is 0 Å². The number of amides is 2. The average Bonchev–Trinajstić information content (AvgIpc) is 2.34. The van der Waals surface area contributed by atoms with Crippen LogP contribution in [0.15, 0.2) is 42.6 Å². The predicted octanol–water partition coefficient (Wildman–Crippen LogP) is 2.41. The van der Waals surface area contributed by atoms with Gasteiger partial charge in [-0.1, -0.05) is 6.07 Å². The third kappa shape index (κ3) is 3.41. The number of rotatable bonds is 2. The molecule has 0 saturated carbocycles. The maximum atomic E-state index is 12.9. The average molecular weight is 261 g/mol. The Morgan fingerprint density at radius 1 is 1.21 bits per heavy atom. The van der Waals surface area contributed by atoms with Crippen molar-refractivity contribution in [3.8, 4) is 0 Å². The van der Waals surface area contributed by atoms with Crippen LogP contribution in [0.25, 0.3) is 0 Å². The number of aromatic nitrogens is 1. The fraction of sp³-hybridized carbons (Fsp3) is 0.0769. The first-order chi connectivity index (χ1) is 9.04. The lowest BCUT2D eigenvalue weighted by Gasteiger charge is -2.08. The van der Waals surface area contributed by atoms with Gasteiger partial charge in [0.2, 0.25) is 0 Å². The molecule has 2 aromatic rings. The number of urea groups is 1. The molecule has 0 saturated heterocycles. The number of carbonyl (C=O) groups excluding carboxylic acids is 1. The van der Waals surface area contributed by atoms with Gasteiger partial charge in [-0.15, -0.1) is 0 Å². The lowest BCUT2D eigenvalue weighted by Crippen LogP contribution is -2.29. The van der Waals surface area contributed by atoms with Crippen LogP contribution < -0.4 is 15.4 Å². The van der Waals surface area contributed by atoms with Crippen LogP contribution in [-0.2, 0) is 0 Å². The van der Waals surface area contributed by atoms with Gasteiger partial charge in [0, 0.05) is 24.7 Å². The Morgan fingerprint density at radius 2 is 1.89 bits per heavy atom. The Kier molecular flexibility index (Phi) is 3.61. The summed E-state index contributed by atoms with van der Waals surface area (Å²) in [5, 5.41) is 16.2. The van der Waals surface area contributed by atoms with Gasteiger partial charge in [-0.05, 0) is 18.2 Å². The summed E-state index contributed by atoms with van der Waals surface area (Å²) < 4.78 is 13.6. The van der Waals surface area contributed by atoms with Crippen molar-refractivity contribution in [2.45, 2.75) is 6.92 Å². The maximum Gasteiger partial charge on any atom is 0.323 e. The van der Waals surface area contributed by atoms with Crippen LogP contribution in [0.3, 0.4) is 0 Å². The van der Waals surface area contributed by atoms with Gasteiger partial charge in [0.25, 0.3) is 0 Å². The van der Waals surface area contributed by atoms with Crippen LogP contribution in [0, 0.1) is 17.9 Å². The molecule has 1 aromatic heterocycles. The molecule has 98 valence electrons. The molecule has 1 heterocycles. The summed E-state index contributed by atoms with van der Waals surface area (Å²) in [7, 11) is 0. The van der Waals surface area contributed by atoms with Gasteiger partial charge in [-0.2, -0.15) is 4.73 Å². The lowest BCUT2D eigenvalue weighted by molar-refractivity contribution is -0.612. The van der Waals surface area contributed by atoms with Crippen LogP contribution >= 0.6 is 0 Å². The van der Waals surface area contributed by atoms with E-state index in [1.165, 1.54) is 36.5 Å². The number of aryl methyl sites for hydroxylation is 1. The summed E-state index contributed by atoms with van der Waals surface area (Å²) in [6, 6.07) is 8.08. The summed E-state index contributed by atoms with van der Waals surface area (Å²) in [5.74, 6) is -0.430. The largest absolute Gasteiger partial charge is 0.619 e. The molecule has 19 heavy (non-hydrogen) atoms. The second kappa shape index (κ2) is 5.34. The van der Waals surface area contributed by atoms with E-state index in [-0.39, 0.29) is 0 Å². The third-order valence-electron chi connectivity index (χ3n) is 2.44. The Morgan fingerprint density at radius 3 is 2.53 bits per heavy atom. The number of halogens is 1. The smallest absolute Gasteiger partial charge is 0.323 e. The second-order valence-electron chi connectivity index (χ2n) is 3.97. The predicted molar refractivity (Wildman–Crippen MR) is 69.2 cm³/mol. The van der Waals surface area contributed by atoms with Crippen LogP contribution in [0.2, 0.25) is 0 Å². The molecule has 0 unspecified atom stereocenters. The van der Waals surface area contributed by atoms with E-state index in [0.717, 1.165) is 0 Å². The number of benzene rings is 1. The Balaban J connectivity index is 2.03. The summed E-state index contributed by atoms with van der Waals surface area (Å²) in [6.07, 6.45) is 1.30. The molecule has 6 heteroatoms. The first-order valence-corrected chi connectivity index (χ1v) is 5.58. The number of nitrogens with zero attached hydrogens (tertiary/aromatic N) is 1. The minimum absolute atomic E-state index is 0.351. The molecule has 0 aliphatic carbocycles. The van der Waals surface area contributed by atoms with Crippen molar-refractivity contribution in [2.75, 3.05) is 10.6 Å². The van der Waals surface area contributed by atoms with Gasteiger partial charge >= 0.3 is 6.03 Å². The molecule has 2 amide bonds. The van der Waals surface area contributed by atoms with Gasteiger partial charge in [-0.3, -0.25) is 0 Å². The molecule has 0 aliphatic heterocycles. The zero-order valence-electron chi connectivity index (χ0n) is 10.2. The van der Waals surface area contributed by atoms with Crippen LogP contribution in [0.1, 0.15) is 5.69 Å². The number of nitrogens with one attached hydrogen (secondary N) is 2. The number of anilines is 2. The van der Waals surface area contributed by atoms with Crippen molar-refractivity contribution in [2.24, 2.45) is 0 Å². The second-order valence-corrected chi connectivity index (χ2v) is 3.97. The molecule has 2 N–H and O–H groups in total. The minimum atomic E-state index is -0.506. The van der Waals surface area contributed by atoms with E-state index in [1.807, 2.05) is 0 Å². The van der Waals surface area contributed by atoms with Gasteiger partial charge < -0.3 is 15.8 Å². The number of carbonyl (C=O) groups is 1. The Hall–Kier alpha value is -2.63. The Labute approximate surface area is 109 Å². The van der Waals surface area contributed by atoms with Gasteiger partial charge in [0.05, 0.1) is 5.69 Å². The molecule has 0 radical (unpaired) electrons. The first kappa shape index (κ1) is 12.8. The van der Waals surface area contributed by atoms with Gasteiger partial charge in [0.15, 0.2) is 11.9 Å². The monoisotopic (exact) mass is 261 g/mol. The highest BCUT2D eigenvalue weighted by molar-refractivity contribution is 5.99. The van der Waals surface area contributed by atoms with E-state index >= 15 is 0 Å². The molecule has 1 aromatic carbocycles. The van der Waals surface area contributed by atoms with E-state index in [2.05, 4.69) is 10.6 Å². The number of hydrogen-bond donors (Lipinski definition) is 2. The summed E-state index contributed by atoms with van der Waals surface area (Å²) >= 11 is 0. The molecular formula is C13H12FN3O2. The van der Waals surface area contributed by atoms with Crippen molar-refractivity contribution in [3.63, 3.8) is 0 Å². The standard InChI is InChI=1S/C13H12FN3O2/c1-9-7-12(5-6-17(9)19)16-13(18)15-11-4-2-3-10(14)8-11/h2-8H,1H3,(H2,15,16,18). The van der Waals surface area contributed by atoms with Crippen LogP contribution in [0.4, 0.5) is 20.6 Å². The summed E-state index contributed by atoms with van der Waals surface area (Å²) in [5.41, 5.74) is 1.30. The molecule has 0 atom stereocenters. The topological polar surface area (TPSA) is 68.1 Å². The molecule has 0 fully saturated rings. The quantitative estimate of drug-likeness (QED) is 0.644. The molecule has 0 spiro atoms. The van der Waals surface area contributed by atoms with E-state index in [9.17, 15) is 14.4 Å². The lowest BCUT2D eigenvalue weighted by atomic mass is 10.3. The highest BCUT2D eigenvalue weighted by Gasteiger charge is 2.06. The highest BCUT2D eigenvalue weighted by atomic mass is 19.1. The fourth-order valence-electron chi connectivity index (χ4n) is 1.54. The van der Waals surface area contributed by atoms with Crippen molar-refractivity contribution in [1.29, 1.82) is 0 Å². The van der Waals surface area contributed by atoms with Crippen molar-refractivity contribution in [3.05, 3.63) is 59.3 Å². The van der Waals surface area contributed by atoms with E-state index in [4.69, 9.17) is 0 Å². The molecular weight excluding hydrogens is 249 g/mol. The molecule has 0 bridgehead atoms. The molecule has 0 aliphatic rings. The van der Waals surface area contributed by atoms with Crippen LogP contribution in [0.5, 0.6) is 0 Å². The summed E-state index contributed by atoms with van der Waals surface area (Å²) in [4.78, 5) is 11.7. The van der Waals surface area contributed by atoms with Crippen LogP contribution in [-0.4, -0.2) is 6.03 Å². The zero-order valence-corrected chi connectivity index (χ0v) is 10.2. The highest BCUT2D eigenvalue weighted by Crippen LogP contribution is 2.11. The van der Waals surface area contributed by atoms with Gasteiger partial charge in [0.1, 0.15) is 5.82 Å². The minimum Gasteiger partial charge on any atom is -0.619 e. The Bertz CT molecular complexity index is 617. The number of hydrogen-bond acceptors (Lipinski definition) is 2. The molecule has 2 rings (SSSR count). The fourth-order valence-corrected chi connectivity index (χ4v) is 1.54. The summed E-state index contributed by atoms with van der Waals surface area (Å²) in [6.45, 7) is 1.63. The van der Waals surface area contributed by atoms with E-state index in [1.54, 1.807) is 13.0 Å². The molecule has 5 nitrogen and oxygen atoms in total. The van der Waals surface area contributed by atoms with Gasteiger partial charge in [-0.25, -0.2) is 9.18 Å². The zero-order chi connectivity index (χ0) is 13.8. The maximum absolute atomic E-state index is 12.9. The van der Waals surface area contributed by atoms with Crippen molar-refractivity contribution >= 4 is 17.4 Å². The van der Waals surface area contributed by atoms with E-state index in [0.29, 0.717) is 21.8 Å². The van der Waals surface area contributed by atoms with E-state index < -0.39 is 11.8 Å². The number of pyridine rings is 1.